The summed E-state index contributed by atoms with van der Waals surface area (Å²) in [7, 11) is 0. The second-order valence-electron chi connectivity index (χ2n) is 10.5. The number of nitrogens with zero attached hydrogens (tertiary/aromatic N) is 3. The van der Waals surface area contributed by atoms with Crippen molar-refractivity contribution in [1.82, 2.24) is 15.1 Å². The number of hydrogen-bond donors (Lipinski definition) is 1. The van der Waals surface area contributed by atoms with Crippen LogP contribution in [0.2, 0.25) is 5.02 Å². The van der Waals surface area contributed by atoms with E-state index in [1.807, 2.05) is 39.0 Å². The SMILES string of the molecule is CC(C)(C)OC(=O)NC[C@]1(c2cccc(Cl)c2)CC[C@@H](n2nc(N3CCOCC3)ccc2=O)CC1. The Hall–Kier alpha value is -2.58. The Balaban J connectivity index is 1.52. The number of halogens is 1. The lowest BCUT2D eigenvalue weighted by Gasteiger charge is -2.41. The van der Waals surface area contributed by atoms with Gasteiger partial charge < -0.3 is 19.7 Å². The summed E-state index contributed by atoms with van der Waals surface area (Å²) < 4.78 is 12.6. The lowest BCUT2D eigenvalue weighted by atomic mass is 9.68. The van der Waals surface area contributed by atoms with Gasteiger partial charge in [0.25, 0.3) is 5.56 Å². The molecule has 1 aromatic carbocycles. The maximum Gasteiger partial charge on any atom is 0.407 e. The van der Waals surface area contributed by atoms with Crippen LogP contribution in [0, 0.1) is 0 Å². The highest BCUT2D eigenvalue weighted by atomic mass is 35.5. The lowest BCUT2D eigenvalue weighted by molar-refractivity contribution is 0.0504. The molecular weight excluding hydrogens is 468 g/mol. The van der Waals surface area contributed by atoms with Crippen molar-refractivity contribution in [3.63, 3.8) is 0 Å². The molecule has 1 amide bonds. The highest BCUT2D eigenvalue weighted by Crippen LogP contribution is 2.43. The fourth-order valence-electron chi connectivity index (χ4n) is 4.98. The molecule has 1 aliphatic carbocycles. The molecule has 35 heavy (non-hydrogen) atoms. The molecule has 1 aromatic heterocycles. The summed E-state index contributed by atoms with van der Waals surface area (Å²) in [5.41, 5.74) is 0.128. The largest absolute Gasteiger partial charge is 0.444 e. The number of morpholine rings is 1. The Kier molecular flexibility index (Phi) is 7.71. The molecule has 4 rings (SSSR count). The minimum Gasteiger partial charge on any atom is -0.444 e. The third-order valence-electron chi connectivity index (χ3n) is 6.81. The van der Waals surface area contributed by atoms with Crippen LogP contribution in [0.1, 0.15) is 58.1 Å². The molecule has 1 saturated heterocycles. The maximum absolute atomic E-state index is 12.7. The van der Waals surface area contributed by atoms with Crippen molar-refractivity contribution in [2.45, 2.75) is 63.5 Å². The molecule has 0 spiro atoms. The summed E-state index contributed by atoms with van der Waals surface area (Å²) in [5, 5.41) is 8.38. The van der Waals surface area contributed by atoms with Gasteiger partial charge in [-0.3, -0.25) is 4.79 Å². The van der Waals surface area contributed by atoms with Crippen LogP contribution in [0.4, 0.5) is 10.6 Å². The molecule has 2 heterocycles. The van der Waals surface area contributed by atoms with Crippen LogP contribution in [0.15, 0.2) is 41.2 Å². The molecule has 0 unspecified atom stereocenters. The Labute approximate surface area is 211 Å². The van der Waals surface area contributed by atoms with E-state index in [-0.39, 0.29) is 17.0 Å². The molecule has 190 valence electrons. The molecule has 1 saturated carbocycles. The predicted molar refractivity (Wildman–Crippen MR) is 136 cm³/mol. The van der Waals surface area contributed by atoms with Crippen LogP contribution >= 0.6 is 11.6 Å². The van der Waals surface area contributed by atoms with E-state index in [1.165, 1.54) is 0 Å². The fourth-order valence-corrected chi connectivity index (χ4v) is 5.17. The van der Waals surface area contributed by atoms with Crippen molar-refractivity contribution in [1.29, 1.82) is 0 Å². The third kappa shape index (κ3) is 6.35. The molecule has 9 heteroatoms. The van der Waals surface area contributed by atoms with Gasteiger partial charge >= 0.3 is 6.09 Å². The highest BCUT2D eigenvalue weighted by molar-refractivity contribution is 6.30. The summed E-state index contributed by atoms with van der Waals surface area (Å²) in [6.45, 7) is 8.84. The van der Waals surface area contributed by atoms with Crippen molar-refractivity contribution in [3.8, 4) is 0 Å². The average Bonchev–Trinajstić information content (AvgIpc) is 2.83. The molecule has 8 nitrogen and oxygen atoms in total. The standard InChI is InChI=1S/C26H35ClN4O4/c1-25(2,3)35-24(33)28-18-26(19-5-4-6-20(27)17-19)11-9-21(10-12-26)31-23(32)8-7-22(29-31)30-13-15-34-16-14-30/h4-8,17,21H,9-16,18H2,1-3H3,(H,28,33)/t21-,26+. The quantitative estimate of drug-likeness (QED) is 0.655. The van der Waals surface area contributed by atoms with Crippen LogP contribution < -0.4 is 15.8 Å². The summed E-state index contributed by atoms with van der Waals surface area (Å²) in [4.78, 5) is 27.3. The number of amides is 1. The van der Waals surface area contributed by atoms with Crippen LogP contribution in [-0.4, -0.2) is 54.3 Å². The van der Waals surface area contributed by atoms with Crippen molar-refractivity contribution < 1.29 is 14.3 Å². The van der Waals surface area contributed by atoms with Crippen LogP contribution in [0.5, 0.6) is 0 Å². The van der Waals surface area contributed by atoms with E-state index in [0.29, 0.717) is 24.8 Å². The van der Waals surface area contributed by atoms with Crippen molar-refractivity contribution >= 4 is 23.5 Å². The van der Waals surface area contributed by atoms with Gasteiger partial charge in [0.05, 0.1) is 19.3 Å². The summed E-state index contributed by atoms with van der Waals surface area (Å²) in [6, 6.07) is 11.2. The number of carbonyl (C=O) groups is 1. The second-order valence-corrected chi connectivity index (χ2v) is 10.9. The van der Waals surface area contributed by atoms with Gasteiger partial charge in [-0.05, 0) is 70.2 Å². The zero-order valence-corrected chi connectivity index (χ0v) is 21.5. The number of rotatable bonds is 5. The third-order valence-corrected chi connectivity index (χ3v) is 7.05. The van der Waals surface area contributed by atoms with Gasteiger partial charge in [-0.25, -0.2) is 9.48 Å². The number of nitrogens with one attached hydrogen (secondary N) is 1. The number of aromatic nitrogens is 2. The van der Waals surface area contributed by atoms with Crippen LogP contribution in [-0.2, 0) is 14.9 Å². The molecular formula is C26H35ClN4O4. The normalized spacial score (nSPS) is 23.1. The smallest absolute Gasteiger partial charge is 0.407 e. The average molecular weight is 503 g/mol. The number of ether oxygens (including phenoxy) is 2. The number of benzene rings is 1. The Bertz CT molecular complexity index is 1080. The Morgan fingerprint density at radius 2 is 1.91 bits per heavy atom. The second kappa shape index (κ2) is 10.6. The summed E-state index contributed by atoms with van der Waals surface area (Å²) in [5.74, 6) is 0.811. The molecule has 0 bridgehead atoms. The Morgan fingerprint density at radius 1 is 1.20 bits per heavy atom. The zero-order valence-electron chi connectivity index (χ0n) is 20.8. The van der Waals surface area contributed by atoms with Gasteiger partial charge in [-0.1, -0.05) is 23.7 Å². The van der Waals surface area contributed by atoms with E-state index >= 15 is 0 Å². The van der Waals surface area contributed by atoms with Crippen molar-refractivity contribution in [2.24, 2.45) is 0 Å². The van der Waals surface area contributed by atoms with E-state index in [1.54, 1.807) is 16.8 Å². The van der Waals surface area contributed by atoms with Gasteiger partial charge in [0.2, 0.25) is 0 Å². The lowest BCUT2D eigenvalue weighted by Crippen LogP contribution is -2.46. The van der Waals surface area contributed by atoms with E-state index in [4.69, 9.17) is 26.2 Å². The molecule has 2 aliphatic rings. The first-order valence-corrected chi connectivity index (χ1v) is 12.7. The fraction of sp³-hybridized carbons (Fsp3) is 0.577. The summed E-state index contributed by atoms with van der Waals surface area (Å²) >= 11 is 6.33. The Morgan fingerprint density at radius 3 is 2.57 bits per heavy atom. The monoisotopic (exact) mass is 502 g/mol. The molecule has 0 radical (unpaired) electrons. The van der Waals surface area contributed by atoms with Gasteiger partial charge in [0.1, 0.15) is 11.4 Å². The molecule has 2 fully saturated rings. The van der Waals surface area contributed by atoms with Crippen LogP contribution in [0.25, 0.3) is 0 Å². The zero-order chi connectivity index (χ0) is 25.1. The minimum absolute atomic E-state index is 0.00248. The molecule has 2 aromatic rings. The maximum atomic E-state index is 12.7. The minimum atomic E-state index is -0.566. The van der Waals surface area contributed by atoms with Crippen molar-refractivity contribution in [3.05, 3.63) is 57.3 Å². The van der Waals surface area contributed by atoms with Gasteiger partial charge in [0.15, 0.2) is 0 Å². The summed E-state index contributed by atoms with van der Waals surface area (Å²) in [6.07, 6.45) is 2.66. The topological polar surface area (TPSA) is 85.7 Å². The van der Waals surface area contributed by atoms with Crippen molar-refractivity contribution in [2.75, 3.05) is 37.7 Å². The predicted octanol–water partition coefficient (Wildman–Crippen LogP) is 4.31. The first-order chi connectivity index (χ1) is 16.7. The van der Waals surface area contributed by atoms with E-state index in [9.17, 15) is 9.59 Å². The highest BCUT2D eigenvalue weighted by Gasteiger charge is 2.39. The molecule has 0 atom stereocenters. The number of carbonyl (C=O) groups excluding carboxylic acids is 1. The number of alkyl carbamates (subject to hydrolysis) is 1. The molecule has 1 aliphatic heterocycles. The van der Waals surface area contributed by atoms with Gasteiger partial charge in [0, 0.05) is 36.1 Å². The van der Waals surface area contributed by atoms with Gasteiger partial charge in [-0.2, -0.15) is 5.10 Å². The van der Waals surface area contributed by atoms with Gasteiger partial charge in [-0.15, -0.1) is 0 Å². The van der Waals surface area contributed by atoms with E-state index < -0.39 is 11.7 Å². The first kappa shape index (κ1) is 25.5. The first-order valence-electron chi connectivity index (χ1n) is 12.3. The van der Waals surface area contributed by atoms with Crippen LogP contribution in [0.3, 0.4) is 0 Å². The van der Waals surface area contributed by atoms with E-state index in [0.717, 1.165) is 50.2 Å². The molecule has 1 N–H and O–H groups in total. The van der Waals surface area contributed by atoms with E-state index in [2.05, 4.69) is 16.3 Å². The number of anilines is 1. The number of hydrogen-bond acceptors (Lipinski definition) is 6.